The lowest BCUT2D eigenvalue weighted by molar-refractivity contribution is 0.0934. The van der Waals surface area contributed by atoms with Crippen molar-refractivity contribution in [1.29, 1.82) is 0 Å². The van der Waals surface area contributed by atoms with Crippen molar-refractivity contribution in [2.24, 2.45) is 5.73 Å². The summed E-state index contributed by atoms with van der Waals surface area (Å²) in [5, 5.41) is 6.84. The van der Waals surface area contributed by atoms with Crippen LogP contribution < -0.4 is 16.4 Å². The SMILES string of the molecule is CCC(CC)(CNC(=O)c1ccc(CN)cc1)NC(C)c1ccccc1. The summed E-state index contributed by atoms with van der Waals surface area (Å²) in [4.78, 5) is 12.5. The lowest BCUT2D eigenvalue weighted by Crippen LogP contribution is -2.53. The van der Waals surface area contributed by atoms with Gasteiger partial charge in [-0.2, -0.15) is 0 Å². The van der Waals surface area contributed by atoms with Crippen LogP contribution >= 0.6 is 0 Å². The van der Waals surface area contributed by atoms with Crippen molar-refractivity contribution >= 4 is 5.91 Å². The van der Waals surface area contributed by atoms with Crippen LogP contribution in [0.25, 0.3) is 0 Å². The maximum Gasteiger partial charge on any atom is 0.251 e. The van der Waals surface area contributed by atoms with E-state index in [0.29, 0.717) is 18.7 Å². The minimum atomic E-state index is -0.137. The van der Waals surface area contributed by atoms with Crippen molar-refractivity contribution in [2.75, 3.05) is 6.54 Å². The highest BCUT2D eigenvalue weighted by Gasteiger charge is 2.28. The highest BCUT2D eigenvalue weighted by atomic mass is 16.1. The first-order valence-corrected chi connectivity index (χ1v) is 9.43. The van der Waals surface area contributed by atoms with Gasteiger partial charge in [0.15, 0.2) is 0 Å². The van der Waals surface area contributed by atoms with Gasteiger partial charge in [-0.1, -0.05) is 56.3 Å². The van der Waals surface area contributed by atoms with Gasteiger partial charge in [0.1, 0.15) is 0 Å². The lowest BCUT2D eigenvalue weighted by atomic mass is 9.90. The summed E-state index contributed by atoms with van der Waals surface area (Å²) in [5.74, 6) is -0.0472. The van der Waals surface area contributed by atoms with Crippen LogP contribution in [0.3, 0.4) is 0 Å². The molecule has 26 heavy (non-hydrogen) atoms. The number of rotatable bonds is 9. The number of amides is 1. The third kappa shape index (κ3) is 5.16. The van der Waals surface area contributed by atoms with E-state index in [2.05, 4.69) is 55.7 Å². The molecule has 0 fully saturated rings. The Morgan fingerprint density at radius 3 is 2.19 bits per heavy atom. The first-order chi connectivity index (χ1) is 12.5. The number of carbonyl (C=O) groups excluding carboxylic acids is 1. The molecule has 4 heteroatoms. The maximum atomic E-state index is 12.5. The van der Waals surface area contributed by atoms with Crippen LogP contribution in [0, 0.1) is 0 Å². The Labute approximate surface area is 157 Å². The van der Waals surface area contributed by atoms with Gasteiger partial charge in [-0.3, -0.25) is 4.79 Å². The second kappa shape index (κ2) is 9.51. The van der Waals surface area contributed by atoms with E-state index in [1.807, 2.05) is 30.3 Å². The zero-order valence-electron chi connectivity index (χ0n) is 16.1. The summed E-state index contributed by atoms with van der Waals surface area (Å²) in [6.45, 7) is 7.57. The third-order valence-corrected chi connectivity index (χ3v) is 5.21. The van der Waals surface area contributed by atoms with Crippen molar-refractivity contribution in [3.05, 3.63) is 71.3 Å². The van der Waals surface area contributed by atoms with Gasteiger partial charge in [0.05, 0.1) is 0 Å². The van der Waals surface area contributed by atoms with Crippen LogP contribution in [-0.2, 0) is 6.54 Å². The summed E-state index contributed by atoms with van der Waals surface area (Å²) in [6, 6.07) is 18.1. The fourth-order valence-corrected chi connectivity index (χ4v) is 3.18. The van der Waals surface area contributed by atoms with Crippen LogP contribution in [0.2, 0.25) is 0 Å². The zero-order valence-corrected chi connectivity index (χ0v) is 16.1. The molecule has 1 amide bonds. The normalized spacial score (nSPS) is 12.6. The van der Waals surface area contributed by atoms with Gasteiger partial charge in [-0.05, 0) is 43.0 Å². The Morgan fingerprint density at radius 2 is 1.65 bits per heavy atom. The first kappa shape index (κ1) is 20.1. The Balaban J connectivity index is 2.02. The van der Waals surface area contributed by atoms with Gasteiger partial charge in [-0.25, -0.2) is 0 Å². The number of nitrogens with two attached hydrogens (primary N) is 1. The highest BCUT2D eigenvalue weighted by molar-refractivity contribution is 5.94. The standard InChI is InChI=1S/C22H31N3O/c1-4-22(5-2,25-17(3)19-9-7-6-8-10-19)16-24-21(26)20-13-11-18(15-23)12-14-20/h6-14,17,25H,4-5,15-16,23H2,1-3H3,(H,24,26). The summed E-state index contributed by atoms with van der Waals surface area (Å²) in [6.07, 6.45) is 1.88. The summed E-state index contributed by atoms with van der Waals surface area (Å²) in [7, 11) is 0. The summed E-state index contributed by atoms with van der Waals surface area (Å²) < 4.78 is 0. The number of nitrogens with one attached hydrogen (secondary N) is 2. The molecule has 0 aliphatic carbocycles. The van der Waals surface area contributed by atoms with E-state index in [1.54, 1.807) is 0 Å². The molecule has 1 unspecified atom stereocenters. The minimum absolute atomic E-state index is 0.0472. The maximum absolute atomic E-state index is 12.5. The number of carbonyl (C=O) groups is 1. The Morgan fingerprint density at radius 1 is 1.04 bits per heavy atom. The first-order valence-electron chi connectivity index (χ1n) is 9.43. The van der Waals surface area contributed by atoms with E-state index in [-0.39, 0.29) is 17.5 Å². The average Bonchev–Trinajstić information content (AvgIpc) is 2.71. The number of benzene rings is 2. The topological polar surface area (TPSA) is 67.2 Å². The second-order valence-electron chi connectivity index (χ2n) is 6.85. The van der Waals surface area contributed by atoms with Gasteiger partial charge < -0.3 is 16.4 Å². The van der Waals surface area contributed by atoms with E-state index in [0.717, 1.165) is 18.4 Å². The van der Waals surface area contributed by atoms with Gasteiger partial charge in [-0.15, -0.1) is 0 Å². The molecule has 0 aliphatic heterocycles. The largest absolute Gasteiger partial charge is 0.350 e. The molecule has 4 nitrogen and oxygen atoms in total. The van der Waals surface area contributed by atoms with Gasteiger partial charge in [0.25, 0.3) is 5.91 Å². The molecule has 0 spiro atoms. The molecule has 2 rings (SSSR count). The number of hydrogen-bond acceptors (Lipinski definition) is 3. The van der Waals surface area contributed by atoms with Crippen LogP contribution in [-0.4, -0.2) is 18.0 Å². The predicted molar refractivity (Wildman–Crippen MR) is 108 cm³/mol. The lowest BCUT2D eigenvalue weighted by Gasteiger charge is -2.36. The van der Waals surface area contributed by atoms with Crippen molar-refractivity contribution < 1.29 is 4.79 Å². The molecule has 0 heterocycles. The third-order valence-electron chi connectivity index (χ3n) is 5.21. The molecule has 140 valence electrons. The molecule has 0 radical (unpaired) electrons. The van der Waals surface area contributed by atoms with Gasteiger partial charge in [0.2, 0.25) is 0 Å². The van der Waals surface area contributed by atoms with E-state index in [4.69, 9.17) is 5.73 Å². The Hall–Kier alpha value is -2.17. The molecule has 0 aliphatic rings. The molecule has 0 saturated carbocycles. The fourth-order valence-electron chi connectivity index (χ4n) is 3.18. The zero-order chi connectivity index (χ0) is 19.0. The summed E-state index contributed by atoms with van der Waals surface area (Å²) in [5.41, 5.74) is 8.42. The highest BCUT2D eigenvalue weighted by Crippen LogP contribution is 2.21. The smallest absolute Gasteiger partial charge is 0.251 e. The summed E-state index contributed by atoms with van der Waals surface area (Å²) >= 11 is 0. The van der Waals surface area contributed by atoms with E-state index < -0.39 is 0 Å². The molecule has 1 atom stereocenters. The minimum Gasteiger partial charge on any atom is -0.350 e. The van der Waals surface area contributed by atoms with E-state index >= 15 is 0 Å². The molecule has 2 aromatic carbocycles. The molecule has 0 aromatic heterocycles. The van der Waals surface area contributed by atoms with E-state index in [1.165, 1.54) is 5.56 Å². The molecule has 0 bridgehead atoms. The number of hydrogen-bond donors (Lipinski definition) is 3. The average molecular weight is 354 g/mol. The second-order valence-corrected chi connectivity index (χ2v) is 6.85. The van der Waals surface area contributed by atoms with Crippen LogP contribution in [0.15, 0.2) is 54.6 Å². The van der Waals surface area contributed by atoms with Crippen LogP contribution in [0.4, 0.5) is 0 Å². The van der Waals surface area contributed by atoms with Crippen LogP contribution in [0.5, 0.6) is 0 Å². The molecule has 2 aromatic rings. The molecular formula is C22H31N3O. The van der Waals surface area contributed by atoms with Crippen molar-refractivity contribution in [2.45, 2.75) is 51.7 Å². The van der Waals surface area contributed by atoms with Gasteiger partial charge in [0, 0.05) is 30.2 Å². The monoisotopic (exact) mass is 353 g/mol. The van der Waals surface area contributed by atoms with E-state index in [9.17, 15) is 4.79 Å². The Bertz CT molecular complexity index is 678. The predicted octanol–water partition coefficient (Wildman–Crippen LogP) is 3.78. The van der Waals surface area contributed by atoms with Crippen molar-refractivity contribution in [3.8, 4) is 0 Å². The van der Waals surface area contributed by atoms with Crippen molar-refractivity contribution in [1.82, 2.24) is 10.6 Å². The van der Waals surface area contributed by atoms with Crippen LogP contribution in [0.1, 0.15) is 61.1 Å². The fraction of sp³-hybridized carbons (Fsp3) is 0.409. The quantitative estimate of drug-likeness (QED) is 0.642. The molecule has 4 N–H and O–H groups in total. The van der Waals surface area contributed by atoms with Gasteiger partial charge >= 0.3 is 0 Å². The molecular weight excluding hydrogens is 322 g/mol. The molecule has 0 saturated heterocycles. The van der Waals surface area contributed by atoms with Crippen molar-refractivity contribution in [3.63, 3.8) is 0 Å². The Kier molecular flexibility index (Phi) is 7.37.